The number of carbonyl (C=O) groups is 1. The van der Waals surface area contributed by atoms with E-state index in [-0.39, 0.29) is 10.9 Å². The van der Waals surface area contributed by atoms with Crippen molar-refractivity contribution in [2.24, 2.45) is 0 Å². The molecule has 0 bridgehead atoms. The molecule has 0 saturated carbocycles. The summed E-state index contributed by atoms with van der Waals surface area (Å²) in [5, 5.41) is 1.67. The van der Waals surface area contributed by atoms with Gasteiger partial charge in [-0.1, -0.05) is 17.7 Å². The molecule has 1 aromatic rings. The molecule has 1 atom stereocenters. The van der Waals surface area contributed by atoms with Gasteiger partial charge in [-0.25, -0.2) is 4.39 Å². The van der Waals surface area contributed by atoms with Gasteiger partial charge in [0.2, 0.25) is 5.91 Å². The Labute approximate surface area is 97.4 Å². The molecule has 5 heteroatoms. The first-order valence-corrected chi connectivity index (χ1v) is 5.24. The Hall–Kier alpha value is -0.800. The average molecular weight is 250 g/mol. The Morgan fingerprint density at radius 1 is 1.60 bits per heavy atom. The molecule has 0 radical (unpaired) electrons. The summed E-state index contributed by atoms with van der Waals surface area (Å²) in [6.07, 6.45) is 0. The average Bonchev–Trinajstić information content (AvgIpc) is 2.21. The number of amides is 1. The Morgan fingerprint density at radius 2 is 2.27 bits per heavy atom. The van der Waals surface area contributed by atoms with Gasteiger partial charge in [0.1, 0.15) is 11.2 Å². The maximum absolute atomic E-state index is 13.1. The molecule has 0 spiro atoms. The van der Waals surface area contributed by atoms with Gasteiger partial charge in [-0.05, 0) is 24.6 Å². The van der Waals surface area contributed by atoms with Crippen molar-refractivity contribution in [1.82, 2.24) is 5.32 Å². The molecular weight excluding hydrogens is 240 g/mol. The smallest absolute Gasteiger partial charge is 0.242 e. The minimum Gasteiger partial charge on any atom is -0.355 e. The maximum atomic E-state index is 13.1. The van der Waals surface area contributed by atoms with Crippen LogP contribution in [0.3, 0.4) is 0 Å². The van der Waals surface area contributed by atoms with E-state index in [2.05, 4.69) is 5.32 Å². The van der Waals surface area contributed by atoms with E-state index >= 15 is 0 Å². The van der Waals surface area contributed by atoms with Gasteiger partial charge in [0.05, 0.1) is 5.02 Å². The highest BCUT2D eigenvalue weighted by Crippen LogP contribution is 2.24. The Morgan fingerprint density at radius 3 is 2.80 bits per heavy atom. The fraction of sp³-hybridized carbons (Fsp3) is 0.300. The molecule has 0 aromatic heterocycles. The molecule has 0 saturated heterocycles. The first-order chi connectivity index (χ1) is 7.06. The summed E-state index contributed by atoms with van der Waals surface area (Å²) in [7, 11) is 0. The van der Waals surface area contributed by atoms with E-state index in [9.17, 15) is 9.18 Å². The summed E-state index contributed by atoms with van der Waals surface area (Å²) in [6.45, 7) is 2.27. The third-order valence-corrected chi connectivity index (χ3v) is 2.57. The van der Waals surface area contributed by atoms with Crippen molar-refractivity contribution in [2.45, 2.75) is 12.3 Å². The van der Waals surface area contributed by atoms with Crippen LogP contribution in [0.2, 0.25) is 5.02 Å². The van der Waals surface area contributed by atoms with Gasteiger partial charge in [-0.15, -0.1) is 11.6 Å². The highest BCUT2D eigenvalue weighted by Gasteiger charge is 2.17. The van der Waals surface area contributed by atoms with E-state index in [1.165, 1.54) is 12.1 Å². The lowest BCUT2D eigenvalue weighted by atomic mass is 10.1. The SMILES string of the molecule is CCNC(=O)C(Cl)c1ccc(Cl)c(F)c1. The standard InChI is InChI=1S/C10H10Cl2FNO/c1-2-14-10(15)9(12)6-3-4-7(11)8(13)5-6/h3-5,9H,2H2,1H3,(H,14,15). The van der Waals surface area contributed by atoms with E-state index in [0.29, 0.717) is 12.1 Å². The number of hydrogen-bond donors (Lipinski definition) is 1. The topological polar surface area (TPSA) is 29.1 Å². The molecule has 0 aliphatic carbocycles. The molecule has 1 aromatic carbocycles. The number of rotatable bonds is 3. The van der Waals surface area contributed by atoms with E-state index in [1.54, 1.807) is 6.92 Å². The summed E-state index contributed by atoms with van der Waals surface area (Å²) < 4.78 is 13.1. The fourth-order valence-electron chi connectivity index (χ4n) is 1.09. The molecular formula is C10H10Cl2FNO. The van der Waals surface area contributed by atoms with Crippen molar-refractivity contribution >= 4 is 29.1 Å². The third-order valence-electron chi connectivity index (χ3n) is 1.82. The molecule has 1 rings (SSSR count). The van der Waals surface area contributed by atoms with Crippen molar-refractivity contribution in [1.29, 1.82) is 0 Å². The second-order valence-electron chi connectivity index (χ2n) is 2.93. The monoisotopic (exact) mass is 249 g/mol. The van der Waals surface area contributed by atoms with Gasteiger partial charge >= 0.3 is 0 Å². The van der Waals surface area contributed by atoms with Crippen molar-refractivity contribution < 1.29 is 9.18 Å². The predicted octanol–water partition coefficient (Wildman–Crippen LogP) is 2.90. The van der Waals surface area contributed by atoms with Crippen LogP contribution in [0.25, 0.3) is 0 Å². The molecule has 0 aliphatic rings. The quantitative estimate of drug-likeness (QED) is 0.821. The molecule has 0 heterocycles. The van der Waals surface area contributed by atoms with E-state index in [4.69, 9.17) is 23.2 Å². The van der Waals surface area contributed by atoms with Crippen molar-refractivity contribution in [3.05, 3.63) is 34.6 Å². The van der Waals surface area contributed by atoms with Crippen LogP contribution in [-0.4, -0.2) is 12.5 Å². The number of hydrogen-bond acceptors (Lipinski definition) is 1. The van der Waals surface area contributed by atoms with Crippen molar-refractivity contribution in [2.75, 3.05) is 6.54 Å². The Kier molecular flexibility index (Phi) is 4.36. The lowest BCUT2D eigenvalue weighted by Gasteiger charge is -2.09. The van der Waals surface area contributed by atoms with Crippen LogP contribution in [0.5, 0.6) is 0 Å². The zero-order valence-electron chi connectivity index (χ0n) is 8.06. The van der Waals surface area contributed by atoms with E-state index < -0.39 is 11.2 Å². The molecule has 0 aliphatic heterocycles. The van der Waals surface area contributed by atoms with E-state index in [0.717, 1.165) is 6.07 Å². The second kappa shape index (κ2) is 5.33. The van der Waals surface area contributed by atoms with Gasteiger partial charge in [0, 0.05) is 6.54 Å². The third kappa shape index (κ3) is 3.08. The molecule has 1 amide bonds. The first-order valence-electron chi connectivity index (χ1n) is 4.43. The Balaban J connectivity index is 2.86. The first kappa shape index (κ1) is 12.3. The van der Waals surface area contributed by atoms with Crippen LogP contribution in [0.4, 0.5) is 4.39 Å². The van der Waals surface area contributed by atoms with Gasteiger partial charge in [0.15, 0.2) is 0 Å². The summed E-state index contributed by atoms with van der Waals surface area (Å²) >= 11 is 11.3. The zero-order valence-corrected chi connectivity index (χ0v) is 9.57. The fourth-order valence-corrected chi connectivity index (χ4v) is 1.42. The number of halogens is 3. The largest absolute Gasteiger partial charge is 0.355 e. The predicted molar refractivity (Wildman–Crippen MR) is 58.7 cm³/mol. The van der Waals surface area contributed by atoms with Crippen LogP contribution in [0.1, 0.15) is 17.9 Å². The van der Waals surface area contributed by atoms with Gasteiger partial charge in [-0.2, -0.15) is 0 Å². The molecule has 82 valence electrons. The number of benzene rings is 1. The van der Waals surface area contributed by atoms with Gasteiger partial charge < -0.3 is 5.32 Å². The molecule has 15 heavy (non-hydrogen) atoms. The van der Waals surface area contributed by atoms with Crippen LogP contribution < -0.4 is 5.32 Å². The van der Waals surface area contributed by atoms with Gasteiger partial charge in [-0.3, -0.25) is 4.79 Å². The lowest BCUT2D eigenvalue weighted by molar-refractivity contribution is -0.120. The van der Waals surface area contributed by atoms with Crippen molar-refractivity contribution in [3.8, 4) is 0 Å². The summed E-state index contributed by atoms with van der Waals surface area (Å²) in [5.74, 6) is -0.926. The summed E-state index contributed by atoms with van der Waals surface area (Å²) in [4.78, 5) is 11.3. The van der Waals surface area contributed by atoms with E-state index in [1.807, 2.05) is 0 Å². The van der Waals surface area contributed by atoms with Crippen LogP contribution in [0.15, 0.2) is 18.2 Å². The molecule has 1 unspecified atom stereocenters. The highest BCUT2D eigenvalue weighted by molar-refractivity contribution is 6.31. The van der Waals surface area contributed by atoms with Gasteiger partial charge in [0.25, 0.3) is 0 Å². The highest BCUT2D eigenvalue weighted by atomic mass is 35.5. The van der Waals surface area contributed by atoms with Crippen LogP contribution >= 0.6 is 23.2 Å². The molecule has 2 nitrogen and oxygen atoms in total. The van der Waals surface area contributed by atoms with Crippen LogP contribution in [0, 0.1) is 5.82 Å². The number of alkyl halides is 1. The second-order valence-corrected chi connectivity index (χ2v) is 3.77. The minimum atomic E-state index is -0.892. The summed E-state index contributed by atoms with van der Waals surface area (Å²) in [5.41, 5.74) is 0.393. The lowest BCUT2D eigenvalue weighted by Crippen LogP contribution is -2.26. The summed E-state index contributed by atoms with van der Waals surface area (Å²) in [6, 6.07) is 4.06. The van der Waals surface area contributed by atoms with Crippen molar-refractivity contribution in [3.63, 3.8) is 0 Å². The number of carbonyl (C=O) groups excluding carboxylic acids is 1. The Bertz CT molecular complexity index is 370. The normalized spacial score (nSPS) is 12.3. The maximum Gasteiger partial charge on any atom is 0.242 e. The zero-order chi connectivity index (χ0) is 11.4. The number of nitrogens with one attached hydrogen (secondary N) is 1. The minimum absolute atomic E-state index is 0.0125. The van der Waals surface area contributed by atoms with Crippen LogP contribution in [-0.2, 0) is 4.79 Å². The number of likely N-dealkylation sites (N-methyl/N-ethyl adjacent to an activating group) is 1. The molecule has 1 N–H and O–H groups in total. The molecule has 0 fully saturated rings.